The number of carbonyl (C=O) groups is 1. The normalized spacial score (nSPS) is 12.3. The first-order valence-corrected chi connectivity index (χ1v) is 4.82. The molecule has 0 fully saturated rings. The number of nitrogens with two attached hydrogens (primary N) is 1. The van der Waals surface area contributed by atoms with Crippen LogP contribution in [0.2, 0.25) is 0 Å². The maximum atomic E-state index is 11.8. The molecule has 0 radical (unpaired) electrons. The number of hydrogen-bond acceptors (Lipinski definition) is 2. The van der Waals surface area contributed by atoms with Gasteiger partial charge in [0.25, 0.3) is 0 Å². The highest BCUT2D eigenvalue weighted by Crippen LogP contribution is 2.03. The molecular formula is C11H20N2O. The molecule has 3 heteroatoms. The maximum Gasteiger partial charge on any atom is 0.240 e. The Hall–Kier alpha value is -1.09. The fourth-order valence-electron chi connectivity index (χ4n) is 1.19. The Bertz CT molecular complexity index is 211. The minimum atomic E-state index is -0.477. The second-order valence-electron chi connectivity index (χ2n) is 3.50. The first kappa shape index (κ1) is 12.9. The minimum absolute atomic E-state index is 0.0419. The van der Waals surface area contributed by atoms with Crippen LogP contribution in [0.1, 0.15) is 20.3 Å². The van der Waals surface area contributed by atoms with Crippen molar-refractivity contribution >= 4 is 5.91 Å². The van der Waals surface area contributed by atoms with Crippen molar-refractivity contribution in [1.82, 2.24) is 4.90 Å². The summed E-state index contributed by atoms with van der Waals surface area (Å²) in [5.74, 6) is -0.0419. The first-order chi connectivity index (χ1) is 6.54. The highest BCUT2D eigenvalue weighted by Gasteiger charge is 2.20. The lowest BCUT2D eigenvalue weighted by molar-refractivity contribution is -0.133. The summed E-state index contributed by atoms with van der Waals surface area (Å²) in [6.45, 7) is 11.6. The van der Waals surface area contributed by atoms with Gasteiger partial charge in [0.15, 0.2) is 0 Å². The molecule has 0 aromatic rings. The first-order valence-electron chi connectivity index (χ1n) is 4.82. The molecular weight excluding hydrogens is 176 g/mol. The van der Waals surface area contributed by atoms with Crippen molar-refractivity contribution < 1.29 is 4.79 Å². The maximum absolute atomic E-state index is 11.8. The largest absolute Gasteiger partial charge is 0.335 e. The van der Waals surface area contributed by atoms with E-state index in [2.05, 4.69) is 13.2 Å². The van der Waals surface area contributed by atoms with Gasteiger partial charge in [0.05, 0.1) is 6.04 Å². The summed E-state index contributed by atoms with van der Waals surface area (Å²) in [5.41, 5.74) is 5.70. The van der Waals surface area contributed by atoms with E-state index in [1.165, 1.54) is 0 Å². The van der Waals surface area contributed by atoms with Crippen molar-refractivity contribution in [3.05, 3.63) is 25.3 Å². The second kappa shape index (κ2) is 6.38. The van der Waals surface area contributed by atoms with Gasteiger partial charge in [-0.2, -0.15) is 0 Å². The zero-order valence-corrected chi connectivity index (χ0v) is 9.07. The van der Waals surface area contributed by atoms with E-state index in [-0.39, 0.29) is 11.9 Å². The van der Waals surface area contributed by atoms with Crippen LogP contribution in [0, 0.1) is 0 Å². The Labute approximate surface area is 86.3 Å². The molecule has 0 aliphatic heterocycles. The third kappa shape index (κ3) is 3.75. The van der Waals surface area contributed by atoms with E-state index in [0.29, 0.717) is 13.0 Å². The highest BCUT2D eigenvalue weighted by molar-refractivity contribution is 5.82. The number of nitrogens with zero attached hydrogens (tertiary/aromatic N) is 1. The molecule has 0 saturated carbocycles. The van der Waals surface area contributed by atoms with Crippen LogP contribution >= 0.6 is 0 Å². The molecule has 0 saturated heterocycles. The van der Waals surface area contributed by atoms with Crippen molar-refractivity contribution in [2.45, 2.75) is 32.4 Å². The smallest absolute Gasteiger partial charge is 0.240 e. The molecule has 1 atom stereocenters. The summed E-state index contributed by atoms with van der Waals surface area (Å²) >= 11 is 0. The Morgan fingerprint density at radius 3 is 2.36 bits per heavy atom. The molecule has 0 spiro atoms. The third-order valence-corrected chi connectivity index (χ3v) is 1.97. The standard InChI is InChI=1S/C11H20N2O/c1-5-7-10(12)11(14)13(8-6-2)9(3)4/h5-6,9-10H,1-2,7-8,12H2,3-4H3. The Morgan fingerprint density at radius 2 is 2.00 bits per heavy atom. The lowest BCUT2D eigenvalue weighted by atomic mass is 10.1. The lowest BCUT2D eigenvalue weighted by Gasteiger charge is -2.27. The summed E-state index contributed by atoms with van der Waals surface area (Å²) in [6, 6.07) is -0.328. The molecule has 0 aliphatic rings. The Balaban J connectivity index is 4.41. The monoisotopic (exact) mass is 196 g/mol. The zero-order chi connectivity index (χ0) is 11.1. The Kier molecular flexibility index (Phi) is 5.88. The number of hydrogen-bond donors (Lipinski definition) is 1. The van der Waals surface area contributed by atoms with Gasteiger partial charge in [0, 0.05) is 12.6 Å². The van der Waals surface area contributed by atoms with Crippen molar-refractivity contribution in [1.29, 1.82) is 0 Å². The minimum Gasteiger partial charge on any atom is -0.335 e. The van der Waals surface area contributed by atoms with Crippen molar-refractivity contribution in [3.63, 3.8) is 0 Å². The van der Waals surface area contributed by atoms with Crippen molar-refractivity contribution in [3.8, 4) is 0 Å². The molecule has 2 N–H and O–H groups in total. The molecule has 0 aromatic heterocycles. The molecule has 0 aliphatic carbocycles. The van der Waals surface area contributed by atoms with Crippen LogP contribution in [-0.2, 0) is 4.79 Å². The average Bonchev–Trinajstić information content (AvgIpc) is 2.13. The summed E-state index contributed by atoms with van der Waals surface area (Å²) in [7, 11) is 0. The second-order valence-corrected chi connectivity index (χ2v) is 3.50. The fourth-order valence-corrected chi connectivity index (χ4v) is 1.19. The van der Waals surface area contributed by atoms with Gasteiger partial charge >= 0.3 is 0 Å². The van der Waals surface area contributed by atoms with E-state index in [9.17, 15) is 4.79 Å². The number of amides is 1. The molecule has 0 aromatic carbocycles. The van der Waals surface area contributed by atoms with Gasteiger partial charge in [-0.15, -0.1) is 13.2 Å². The summed E-state index contributed by atoms with van der Waals surface area (Å²) in [4.78, 5) is 13.5. The summed E-state index contributed by atoms with van der Waals surface area (Å²) in [6.07, 6.45) is 3.88. The fraction of sp³-hybridized carbons (Fsp3) is 0.545. The predicted octanol–water partition coefficient (Wildman–Crippen LogP) is 1.31. The number of rotatable bonds is 6. The van der Waals surface area contributed by atoms with Crippen LogP contribution in [0.15, 0.2) is 25.3 Å². The predicted molar refractivity (Wildman–Crippen MR) is 59.8 cm³/mol. The molecule has 1 amide bonds. The molecule has 1 unspecified atom stereocenters. The molecule has 0 rings (SSSR count). The van der Waals surface area contributed by atoms with E-state index >= 15 is 0 Å². The zero-order valence-electron chi connectivity index (χ0n) is 9.07. The van der Waals surface area contributed by atoms with Gasteiger partial charge in [-0.1, -0.05) is 12.2 Å². The van der Waals surface area contributed by atoms with Gasteiger partial charge in [0.2, 0.25) is 5.91 Å². The topological polar surface area (TPSA) is 46.3 Å². The quantitative estimate of drug-likeness (QED) is 0.651. The average molecular weight is 196 g/mol. The van der Waals surface area contributed by atoms with Crippen molar-refractivity contribution in [2.24, 2.45) is 5.73 Å². The van der Waals surface area contributed by atoms with E-state index in [1.807, 2.05) is 13.8 Å². The SMILES string of the molecule is C=CCC(N)C(=O)N(CC=C)C(C)C. The molecule has 0 bridgehead atoms. The van der Waals surface area contributed by atoms with Gasteiger partial charge in [-0.3, -0.25) is 4.79 Å². The van der Waals surface area contributed by atoms with Crippen LogP contribution in [0.4, 0.5) is 0 Å². The highest BCUT2D eigenvalue weighted by atomic mass is 16.2. The van der Waals surface area contributed by atoms with E-state index < -0.39 is 6.04 Å². The van der Waals surface area contributed by atoms with Crippen LogP contribution in [0.25, 0.3) is 0 Å². The van der Waals surface area contributed by atoms with Crippen LogP contribution in [0.3, 0.4) is 0 Å². The summed E-state index contributed by atoms with van der Waals surface area (Å²) in [5, 5.41) is 0. The van der Waals surface area contributed by atoms with E-state index in [1.54, 1.807) is 17.1 Å². The number of carbonyl (C=O) groups excluding carboxylic acids is 1. The van der Waals surface area contributed by atoms with Gasteiger partial charge in [-0.25, -0.2) is 0 Å². The van der Waals surface area contributed by atoms with Crippen LogP contribution in [0.5, 0.6) is 0 Å². The van der Waals surface area contributed by atoms with E-state index in [4.69, 9.17) is 5.73 Å². The molecule has 0 heterocycles. The van der Waals surface area contributed by atoms with Gasteiger partial charge in [-0.05, 0) is 20.3 Å². The molecule has 80 valence electrons. The van der Waals surface area contributed by atoms with Crippen molar-refractivity contribution in [2.75, 3.05) is 6.54 Å². The lowest BCUT2D eigenvalue weighted by Crippen LogP contribution is -2.46. The van der Waals surface area contributed by atoms with Crippen LogP contribution in [-0.4, -0.2) is 29.4 Å². The molecule has 14 heavy (non-hydrogen) atoms. The third-order valence-electron chi connectivity index (χ3n) is 1.97. The van der Waals surface area contributed by atoms with E-state index in [0.717, 1.165) is 0 Å². The van der Waals surface area contributed by atoms with Gasteiger partial charge in [0.1, 0.15) is 0 Å². The van der Waals surface area contributed by atoms with Crippen LogP contribution < -0.4 is 5.73 Å². The summed E-state index contributed by atoms with van der Waals surface area (Å²) < 4.78 is 0. The Morgan fingerprint density at radius 1 is 1.43 bits per heavy atom. The van der Waals surface area contributed by atoms with Gasteiger partial charge < -0.3 is 10.6 Å². The molecule has 3 nitrogen and oxygen atoms in total.